The number of hydrogen-bond donors (Lipinski definition) is 1. The molecule has 1 saturated heterocycles. The number of hydrogen-bond acceptors (Lipinski definition) is 3. The second-order valence-corrected chi connectivity index (χ2v) is 6.12. The fraction of sp³-hybridized carbons (Fsp3) is 0.800. The first-order valence-electron chi connectivity index (χ1n) is 7.81. The first kappa shape index (κ1) is 13.1. The zero-order chi connectivity index (χ0) is 13.1. The summed E-state index contributed by atoms with van der Waals surface area (Å²) in [5, 5.41) is 0. The van der Waals surface area contributed by atoms with Crippen molar-refractivity contribution in [2.75, 3.05) is 13.1 Å². The van der Waals surface area contributed by atoms with E-state index < -0.39 is 0 Å². The van der Waals surface area contributed by atoms with Crippen molar-refractivity contribution in [3.63, 3.8) is 0 Å². The van der Waals surface area contributed by atoms with Crippen LogP contribution < -0.4 is 5.73 Å². The number of nitrogens with two attached hydrogens (primary N) is 1. The molecular weight excluding hydrogens is 236 g/mol. The third-order valence-corrected chi connectivity index (χ3v) is 4.80. The van der Waals surface area contributed by atoms with Gasteiger partial charge in [0.25, 0.3) is 0 Å². The lowest BCUT2D eigenvalue weighted by Crippen LogP contribution is -2.46. The van der Waals surface area contributed by atoms with Crippen LogP contribution >= 0.6 is 0 Å². The molecule has 3 rings (SSSR count). The van der Waals surface area contributed by atoms with E-state index in [1.807, 2.05) is 6.33 Å². The molecular formula is C15H26N4. The highest BCUT2D eigenvalue weighted by Gasteiger charge is 2.33. The van der Waals surface area contributed by atoms with Crippen LogP contribution in [0.5, 0.6) is 0 Å². The number of fused-ring (bicyclic) bond motifs is 1. The number of likely N-dealkylation sites (tertiary alicyclic amines) is 1. The third kappa shape index (κ3) is 3.00. The van der Waals surface area contributed by atoms with Gasteiger partial charge >= 0.3 is 0 Å². The maximum absolute atomic E-state index is 5.58. The minimum atomic E-state index is 0.685. The Balaban J connectivity index is 1.63. The van der Waals surface area contributed by atoms with E-state index >= 15 is 0 Å². The van der Waals surface area contributed by atoms with Crippen LogP contribution in [0.1, 0.15) is 44.2 Å². The molecule has 2 N–H and O–H groups in total. The Morgan fingerprint density at radius 1 is 1.21 bits per heavy atom. The van der Waals surface area contributed by atoms with E-state index in [-0.39, 0.29) is 0 Å². The highest BCUT2D eigenvalue weighted by molar-refractivity contribution is 4.99. The molecule has 1 aliphatic heterocycles. The van der Waals surface area contributed by atoms with Crippen molar-refractivity contribution in [2.24, 2.45) is 11.7 Å². The molecule has 0 aromatic carbocycles. The van der Waals surface area contributed by atoms with Crippen molar-refractivity contribution in [1.29, 1.82) is 0 Å². The minimum Gasteiger partial charge on any atom is -0.336 e. The van der Waals surface area contributed by atoms with E-state index in [9.17, 15) is 0 Å². The molecule has 0 amide bonds. The van der Waals surface area contributed by atoms with Gasteiger partial charge in [0.1, 0.15) is 0 Å². The summed E-state index contributed by atoms with van der Waals surface area (Å²) in [4.78, 5) is 7.22. The van der Waals surface area contributed by atoms with Crippen LogP contribution in [0.15, 0.2) is 12.5 Å². The van der Waals surface area contributed by atoms with Crippen molar-refractivity contribution >= 4 is 0 Å². The van der Waals surface area contributed by atoms with Gasteiger partial charge in [-0.1, -0.05) is 12.8 Å². The van der Waals surface area contributed by atoms with Crippen LogP contribution in [0.2, 0.25) is 0 Å². The Hall–Kier alpha value is -0.870. The summed E-state index contributed by atoms with van der Waals surface area (Å²) in [6.07, 6.45) is 12.6. The molecule has 106 valence electrons. The first-order chi connectivity index (χ1) is 9.36. The van der Waals surface area contributed by atoms with Gasteiger partial charge in [0.05, 0.1) is 12.0 Å². The summed E-state index contributed by atoms with van der Waals surface area (Å²) < 4.78 is 2.11. The number of aromatic nitrogens is 2. The van der Waals surface area contributed by atoms with Gasteiger partial charge in [0, 0.05) is 31.9 Å². The molecule has 1 saturated carbocycles. The van der Waals surface area contributed by atoms with E-state index in [2.05, 4.69) is 20.6 Å². The highest BCUT2D eigenvalue weighted by atomic mass is 15.2. The Bertz CT molecular complexity index is 399. The second-order valence-electron chi connectivity index (χ2n) is 6.12. The van der Waals surface area contributed by atoms with Gasteiger partial charge in [-0.15, -0.1) is 0 Å². The average molecular weight is 262 g/mol. The molecule has 2 aliphatic rings. The topological polar surface area (TPSA) is 47.1 Å². The number of rotatable bonds is 4. The summed E-state index contributed by atoms with van der Waals surface area (Å²) >= 11 is 0. The van der Waals surface area contributed by atoms with Gasteiger partial charge < -0.3 is 10.3 Å². The number of piperidine rings is 1. The summed E-state index contributed by atoms with van der Waals surface area (Å²) in [5.41, 5.74) is 6.79. The van der Waals surface area contributed by atoms with Gasteiger partial charge in [0.15, 0.2) is 0 Å². The molecule has 1 aliphatic carbocycles. The van der Waals surface area contributed by atoms with Crippen molar-refractivity contribution in [2.45, 2.75) is 57.7 Å². The van der Waals surface area contributed by atoms with Crippen LogP contribution in [-0.2, 0) is 13.1 Å². The molecule has 2 fully saturated rings. The van der Waals surface area contributed by atoms with E-state index in [1.165, 1.54) is 50.8 Å². The molecule has 4 nitrogen and oxygen atoms in total. The van der Waals surface area contributed by atoms with E-state index in [4.69, 9.17) is 5.73 Å². The Kier molecular flexibility index (Phi) is 4.18. The lowest BCUT2D eigenvalue weighted by Gasteiger charge is -2.43. The predicted molar refractivity (Wildman–Crippen MR) is 76.7 cm³/mol. The Morgan fingerprint density at radius 2 is 2.05 bits per heavy atom. The van der Waals surface area contributed by atoms with Crippen LogP contribution in [0.25, 0.3) is 0 Å². The first-order valence-corrected chi connectivity index (χ1v) is 7.81. The Morgan fingerprint density at radius 3 is 2.95 bits per heavy atom. The smallest absolute Gasteiger partial charge is 0.0950 e. The van der Waals surface area contributed by atoms with E-state index in [0.29, 0.717) is 6.54 Å². The zero-order valence-electron chi connectivity index (χ0n) is 11.8. The molecule has 0 radical (unpaired) electrons. The number of imidazole rings is 1. The van der Waals surface area contributed by atoms with E-state index in [0.717, 1.165) is 25.0 Å². The maximum Gasteiger partial charge on any atom is 0.0950 e. The maximum atomic E-state index is 5.58. The zero-order valence-corrected chi connectivity index (χ0v) is 11.8. The minimum absolute atomic E-state index is 0.685. The molecule has 0 bridgehead atoms. The molecule has 1 aromatic heterocycles. The van der Waals surface area contributed by atoms with Gasteiger partial charge in [0.2, 0.25) is 0 Å². The fourth-order valence-corrected chi connectivity index (χ4v) is 3.89. The Labute approximate surface area is 116 Å². The monoisotopic (exact) mass is 262 g/mol. The SMILES string of the molecule is NCCn1cnc(CN2CCC[C@H]3CCCC[C@H]32)c1. The largest absolute Gasteiger partial charge is 0.336 e. The lowest BCUT2D eigenvalue weighted by atomic mass is 9.78. The van der Waals surface area contributed by atoms with Crippen LogP contribution in [0.3, 0.4) is 0 Å². The summed E-state index contributed by atoms with van der Waals surface area (Å²) in [6.45, 7) is 3.84. The molecule has 0 spiro atoms. The molecule has 4 heteroatoms. The predicted octanol–water partition coefficient (Wildman–Crippen LogP) is 2.00. The van der Waals surface area contributed by atoms with Gasteiger partial charge in [-0.3, -0.25) is 4.90 Å². The molecule has 2 atom stereocenters. The highest BCUT2D eigenvalue weighted by Crippen LogP contribution is 2.35. The van der Waals surface area contributed by atoms with Crippen LogP contribution in [0.4, 0.5) is 0 Å². The molecule has 0 unspecified atom stereocenters. The third-order valence-electron chi connectivity index (χ3n) is 4.80. The standard InChI is InChI=1S/C15H26N4/c16-7-9-18-10-14(17-12-18)11-19-8-3-5-13-4-1-2-6-15(13)19/h10,12-13,15H,1-9,11,16H2/t13-,15-/m1/s1. The fourth-order valence-electron chi connectivity index (χ4n) is 3.89. The van der Waals surface area contributed by atoms with Crippen LogP contribution in [0, 0.1) is 5.92 Å². The van der Waals surface area contributed by atoms with Crippen molar-refractivity contribution in [3.8, 4) is 0 Å². The number of nitrogens with zero attached hydrogens (tertiary/aromatic N) is 3. The van der Waals surface area contributed by atoms with Gasteiger partial charge in [-0.05, 0) is 38.1 Å². The van der Waals surface area contributed by atoms with Gasteiger partial charge in [-0.2, -0.15) is 0 Å². The van der Waals surface area contributed by atoms with E-state index in [1.54, 1.807) is 0 Å². The lowest BCUT2D eigenvalue weighted by molar-refractivity contribution is 0.0538. The van der Waals surface area contributed by atoms with Crippen molar-refractivity contribution in [1.82, 2.24) is 14.5 Å². The molecule has 19 heavy (non-hydrogen) atoms. The normalized spacial score (nSPS) is 28.3. The van der Waals surface area contributed by atoms with Crippen molar-refractivity contribution in [3.05, 3.63) is 18.2 Å². The summed E-state index contributed by atoms with van der Waals surface area (Å²) in [5.74, 6) is 0.952. The summed E-state index contributed by atoms with van der Waals surface area (Å²) in [6, 6.07) is 0.821. The van der Waals surface area contributed by atoms with Crippen molar-refractivity contribution < 1.29 is 0 Å². The average Bonchev–Trinajstić information content (AvgIpc) is 2.87. The second kappa shape index (κ2) is 6.06. The molecule has 1 aromatic rings. The van der Waals surface area contributed by atoms with Crippen LogP contribution in [-0.4, -0.2) is 33.6 Å². The quantitative estimate of drug-likeness (QED) is 0.903. The summed E-state index contributed by atoms with van der Waals surface area (Å²) in [7, 11) is 0. The molecule has 2 heterocycles. The van der Waals surface area contributed by atoms with Gasteiger partial charge in [-0.25, -0.2) is 4.98 Å².